The highest BCUT2D eigenvalue weighted by atomic mass is 32.1. The van der Waals surface area contributed by atoms with Crippen LogP contribution in [0.5, 0.6) is 0 Å². The number of carbonyl (C=O) groups excluding carboxylic acids is 1. The Balaban J connectivity index is 1.22. The molecule has 0 spiro atoms. The largest absolute Gasteiger partial charge is 0.368 e. The van der Waals surface area contributed by atoms with E-state index in [1.54, 1.807) is 0 Å². The average Bonchev–Trinajstić information content (AvgIpc) is 3.49. The number of benzene rings is 2. The van der Waals surface area contributed by atoms with Crippen LogP contribution in [0.1, 0.15) is 29.8 Å². The van der Waals surface area contributed by atoms with Gasteiger partial charge in [-0.15, -0.1) is 0 Å². The Labute approximate surface area is 193 Å². The predicted molar refractivity (Wildman–Crippen MR) is 129 cm³/mol. The smallest absolute Gasteiger partial charge is 0.245 e. The average molecular weight is 448 g/mol. The number of nitrogens with zero attached hydrogens (tertiary/aromatic N) is 5. The van der Waals surface area contributed by atoms with Gasteiger partial charge in [-0.3, -0.25) is 4.79 Å². The van der Waals surface area contributed by atoms with Crippen molar-refractivity contribution in [1.29, 1.82) is 0 Å². The fourth-order valence-corrected chi connectivity index (χ4v) is 5.52. The first-order valence-electron chi connectivity index (χ1n) is 11.4. The summed E-state index contributed by atoms with van der Waals surface area (Å²) in [6, 6.07) is 18.7. The summed E-state index contributed by atoms with van der Waals surface area (Å²) in [6.07, 6.45) is 2.64. The van der Waals surface area contributed by atoms with Gasteiger partial charge in [-0.25, -0.2) is 4.98 Å². The van der Waals surface area contributed by atoms with Crippen LogP contribution in [0.3, 0.4) is 0 Å². The lowest BCUT2D eigenvalue weighted by atomic mass is 10.1. The van der Waals surface area contributed by atoms with Gasteiger partial charge in [0.05, 0.1) is 0 Å². The highest BCUT2D eigenvalue weighted by molar-refractivity contribution is 7.09. The van der Waals surface area contributed by atoms with E-state index in [0.717, 1.165) is 62.9 Å². The van der Waals surface area contributed by atoms with Crippen LogP contribution in [0.4, 0.5) is 10.8 Å². The lowest BCUT2D eigenvalue weighted by molar-refractivity contribution is -0.132. The van der Waals surface area contributed by atoms with Crippen LogP contribution in [-0.4, -0.2) is 58.9 Å². The number of para-hydroxylation sites is 1. The molecule has 2 saturated heterocycles. The minimum absolute atomic E-state index is 0.113. The second-order valence-corrected chi connectivity index (χ2v) is 9.34. The maximum atomic E-state index is 13.4. The van der Waals surface area contributed by atoms with Gasteiger partial charge in [0.1, 0.15) is 11.9 Å². The maximum absolute atomic E-state index is 13.4. The summed E-state index contributed by atoms with van der Waals surface area (Å²) in [5, 5.41) is 0.880. The number of carbonyl (C=O) groups is 1. The van der Waals surface area contributed by atoms with Crippen molar-refractivity contribution < 1.29 is 4.79 Å². The number of hydrogen-bond donors (Lipinski definition) is 0. The summed E-state index contributed by atoms with van der Waals surface area (Å²) in [7, 11) is 0. The van der Waals surface area contributed by atoms with Gasteiger partial charge in [-0.2, -0.15) is 4.37 Å². The molecule has 0 N–H and O–H groups in total. The van der Waals surface area contributed by atoms with Gasteiger partial charge in [-0.05, 0) is 37.0 Å². The zero-order valence-electron chi connectivity index (χ0n) is 18.5. The fraction of sp³-hybridized carbons (Fsp3) is 0.400. The van der Waals surface area contributed by atoms with Crippen molar-refractivity contribution in [2.45, 2.75) is 32.2 Å². The molecule has 1 unspecified atom stereocenters. The van der Waals surface area contributed by atoms with Crippen molar-refractivity contribution in [3.8, 4) is 0 Å². The molecule has 32 heavy (non-hydrogen) atoms. The van der Waals surface area contributed by atoms with E-state index in [1.807, 2.05) is 23.1 Å². The van der Waals surface area contributed by atoms with E-state index in [1.165, 1.54) is 28.3 Å². The first kappa shape index (κ1) is 20.9. The SMILES string of the molecule is Cc1ccccc1N1CCN(C(=O)C2CCCN2c2nc(Cc3ccccc3)ns2)CC1. The van der Waals surface area contributed by atoms with Gasteiger partial charge in [0.15, 0.2) is 0 Å². The molecule has 7 heteroatoms. The molecule has 5 rings (SSSR count). The van der Waals surface area contributed by atoms with Gasteiger partial charge < -0.3 is 14.7 Å². The monoisotopic (exact) mass is 447 g/mol. The van der Waals surface area contributed by atoms with Crippen molar-refractivity contribution in [1.82, 2.24) is 14.3 Å². The molecule has 2 aromatic carbocycles. The zero-order chi connectivity index (χ0) is 21.9. The van der Waals surface area contributed by atoms with Crippen molar-refractivity contribution in [3.63, 3.8) is 0 Å². The van der Waals surface area contributed by atoms with Gasteiger partial charge in [0.2, 0.25) is 11.0 Å². The van der Waals surface area contributed by atoms with E-state index in [2.05, 4.69) is 57.5 Å². The lowest BCUT2D eigenvalue weighted by Gasteiger charge is -2.38. The van der Waals surface area contributed by atoms with Crippen LogP contribution in [0, 0.1) is 6.92 Å². The predicted octanol–water partition coefficient (Wildman–Crippen LogP) is 3.75. The topological polar surface area (TPSA) is 52.6 Å². The highest BCUT2D eigenvalue weighted by Gasteiger charge is 2.36. The van der Waals surface area contributed by atoms with Gasteiger partial charge in [-0.1, -0.05) is 48.5 Å². The van der Waals surface area contributed by atoms with Crippen LogP contribution >= 0.6 is 11.5 Å². The summed E-state index contributed by atoms with van der Waals surface area (Å²) in [6.45, 7) is 6.32. The first-order valence-corrected chi connectivity index (χ1v) is 12.2. The normalized spacial score (nSPS) is 18.9. The molecule has 0 aliphatic carbocycles. The Morgan fingerprint density at radius 2 is 1.75 bits per heavy atom. The molecule has 3 aromatic rings. The summed E-state index contributed by atoms with van der Waals surface area (Å²) in [4.78, 5) is 24.8. The standard InChI is InChI=1S/C25H29N5OS/c1-19-8-5-6-11-21(19)28-14-16-29(17-15-28)24(31)22-12-7-13-30(22)25-26-23(27-32-25)18-20-9-3-2-4-10-20/h2-6,8-11,22H,7,12-18H2,1H3. The summed E-state index contributed by atoms with van der Waals surface area (Å²) < 4.78 is 4.57. The molecule has 0 saturated carbocycles. The van der Waals surface area contributed by atoms with Crippen LogP contribution < -0.4 is 9.80 Å². The number of amides is 1. The first-order chi connectivity index (χ1) is 15.7. The van der Waals surface area contributed by atoms with Crippen LogP contribution in [0.2, 0.25) is 0 Å². The third-order valence-electron chi connectivity index (χ3n) is 6.49. The number of anilines is 2. The number of hydrogen-bond acceptors (Lipinski definition) is 6. The maximum Gasteiger partial charge on any atom is 0.245 e. The third kappa shape index (κ3) is 4.35. The molecule has 0 bridgehead atoms. The number of piperazine rings is 1. The van der Waals surface area contributed by atoms with Crippen molar-refractivity contribution in [2.75, 3.05) is 42.5 Å². The molecule has 1 atom stereocenters. The Morgan fingerprint density at radius 3 is 2.53 bits per heavy atom. The number of aryl methyl sites for hydroxylation is 1. The quantitative estimate of drug-likeness (QED) is 0.596. The number of rotatable bonds is 5. The minimum Gasteiger partial charge on any atom is -0.368 e. The molecule has 6 nitrogen and oxygen atoms in total. The van der Waals surface area contributed by atoms with Crippen molar-refractivity contribution in [2.24, 2.45) is 0 Å². The second-order valence-electron chi connectivity index (χ2n) is 8.61. The van der Waals surface area contributed by atoms with Gasteiger partial charge in [0.25, 0.3) is 0 Å². The van der Waals surface area contributed by atoms with E-state index < -0.39 is 0 Å². The van der Waals surface area contributed by atoms with Gasteiger partial charge in [0, 0.05) is 56.4 Å². The molecule has 3 heterocycles. The Morgan fingerprint density at radius 1 is 1.00 bits per heavy atom. The van der Waals surface area contributed by atoms with Crippen LogP contribution in [0.15, 0.2) is 54.6 Å². The van der Waals surface area contributed by atoms with E-state index in [0.29, 0.717) is 0 Å². The van der Waals surface area contributed by atoms with Crippen LogP contribution in [0.25, 0.3) is 0 Å². The van der Waals surface area contributed by atoms with Crippen LogP contribution in [-0.2, 0) is 11.2 Å². The highest BCUT2D eigenvalue weighted by Crippen LogP contribution is 2.29. The molecule has 2 aliphatic rings. The summed E-state index contributed by atoms with van der Waals surface area (Å²) >= 11 is 1.42. The molecular formula is C25H29N5OS. The molecule has 1 aromatic heterocycles. The summed E-state index contributed by atoms with van der Waals surface area (Å²) in [5.74, 6) is 1.08. The molecule has 166 valence electrons. The second kappa shape index (κ2) is 9.28. The molecule has 1 amide bonds. The minimum atomic E-state index is -0.113. The molecular weight excluding hydrogens is 418 g/mol. The van der Waals surface area contributed by atoms with Crippen molar-refractivity contribution in [3.05, 3.63) is 71.5 Å². The van der Waals surface area contributed by atoms with Crippen molar-refractivity contribution >= 4 is 28.3 Å². The third-order valence-corrected chi connectivity index (χ3v) is 7.28. The van der Waals surface area contributed by atoms with E-state index >= 15 is 0 Å². The Kier molecular flexibility index (Phi) is 6.08. The number of aromatic nitrogens is 2. The summed E-state index contributed by atoms with van der Waals surface area (Å²) in [5.41, 5.74) is 3.77. The van der Waals surface area contributed by atoms with E-state index in [4.69, 9.17) is 4.98 Å². The van der Waals surface area contributed by atoms with E-state index in [-0.39, 0.29) is 11.9 Å². The fourth-order valence-electron chi connectivity index (χ4n) is 4.76. The van der Waals surface area contributed by atoms with Gasteiger partial charge >= 0.3 is 0 Å². The zero-order valence-corrected chi connectivity index (χ0v) is 19.3. The Bertz CT molecular complexity index is 1060. The van der Waals surface area contributed by atoms with E-state index in [9.17, 15) is 4.79 Å². The lowest BCUT2D eigenvalue weighted by Crippen LogP contribution is -2.54. The molecule has 0 radical (unpaired) electrons. The Hall–Kier alpha value is -2.93. The molecule has 2 fully saturated rings. The molecule has 2 aliphatic heterocycles.